The van der Waals surface area contributed by atoms with Crippen molar-refractivity contribution >= 4 is 34.8 Å². The van der Waals surface area contributed by atoms with Crippen molar-refractivity contribution in [2.75, 3.05) is 13.7 Å². The number of carbonyl (C=O) groups is 2. The number of rotatable bonds is 5. The highest BCUT2D eigenvalue weighted by Crippen LogP contribution is 2.25. The van der Waals surface area contributed by atoms with E-state index >= 15 is 0 Å². The minimum Gasteiger partial charge on any atom is -0.489 e. The molecule has 0 radical (unpaired) electrons. The second kappa shape index (κ2) is 7.89. The molecule has 132 valence electrons. The van der Waals surface area contributed by atoms with Crippen LogP contribution in [0.4, 0.5) is 0 Å². The predicted octanol–water partition coefficient (Wildman–Crippen LogP) is 3.76. The molecule has 5 nitrogen and oxygen atoms in total. The van der Waals surface area contributed by atoms with Gasteiger partial charge in [-0.25, -0.2) is 4.79 Å². The van der Waals surface area contributed by atoms with Crippen LogP contribution in [0.2, 0.25) is 5.02 Å². The van der Waals surface area contributed by atoms with Crippen molar-refractivity contribution in [2.45, 2.75) is 25.5 Å². The van der Waals surface area contributed by atoms with Gasteiger partial charge in [-0.1, -0.05) is 11.6 Å². The zero-order valence-electron chi connectivity index (χ0n) is 13.7. The smallest absolute Gasteiger partial charge is 0.328 e. The fourth-order valence-corrected chi connectivity index (χ4v) is 3.77. The molecule has 1 aliphatic heterocycles. The van der Waals surface area contributed by atoms with E-state index in [1.54, 1.807) is 29.2 Å². The summed E-state index contributed by atoms with van der Waals surface area (Å²) in [4.78, 5) is 26.7. The summed E-state index contributed by atoms with van der Waals surface area (Å²) in [5.74, 6) is 0.234. The van der Waals surface area contributed by atoms with Gasteiger partial charge in [-0.2, -0.15) is 0 Å². The minimum atomic E-state index is -0.478. The number of hydrogen-bond acceptors (Lipinski definition) is 5. The Kier molecular flexibility index (Phi) is 5.60. The highest BCUT2D eigenvalue weighted by molar-refractivity contribution is 7.12. The first-order chi connectivity index (χ1) is 12.1. The van der Waals surface area contributed by atoms with Crippen molar-refractivity contribution in [2.24, 2.45) is 0 Å². The van der Waals surface area contributed by atoms with Crippen LogP contribution in [0.25, 0.3) is 0 Å². The van der Waals surface area contributed by atoms with Crippen LogP contribution >= 0.6 is 22.9 Å². The quantitative estimate of drug-likeness (QED) is 0.742. The van der Waals surface area contributed by atoms with Crippen LogP contribution < -0.4 is 4.74 Å². The Labute approximate surface area is 155 Å². The number of ether oxygens (including phenoxy) is 2. The number of halogens is 1. The molecule has 2 heterocycles. The van der Waals surface area contributed by atoms with Crippen LogP contribution in [0.3, 0.4) is 0 Å². The second-order valence-corrected chi connectivity index (χ2v) is 7.09. The van der Waals surface area contributed by atoms with Crippen molar-refractivity contribution in [1.29, 1.82) is 0 Å². The molecule has 0 bridgehead atoms. The molecule has 1 fully saturated rings. The Morgan fingerprint density at radius 3 is 2.80 bits per heavy atom. The number of thiophene rings is 1. The summed E-state index contributed by atoms with van der Waals surface area (Å²) >= 11 is 7.20. The van der Waals surface area contributed by atoms with Gasteiger partial charge in [0.2, 0.25) is 0 Å². The Balaban J connectivity index is 1.63. The average Bonchev–Trinajstić information content (AvgIpc) is 3.29. The maximum Gasteiger partial charge on any atom is 0.328 e. The van der Waals surface area contributed by atoms with Gasteiger partial charge >= 0.3 is 5.97 Å². The van der Waals surface area contributed by atoms with E-state index in [4.69, 9.17) is 21.1 Å². The first-order valence-electron chi connectivity index (χ1n) is 7.93. The highest BCUT2D eigenvalue weighted by Gasteiger charge is 2.35. The van der Waals surface area contributed by atoms with E-state index in [1.165, 1.54) is 18.4 Å². The fraction of sp³-hybridized carbons (Fsp3) is 0.333. The van der Waals surface area contributed by atoms with E-state index in [9.17, 15) is 9.59 Å². The molecule has 0 spiro atoms. The standard InChI is InChI=1S/C18H18ClNO4S/c1-23-18(22)15-3-2-8-20(15)17(21)16-9-12(11-25-16)10-24-14-6-4-13(19)5-7-14/h4-7,9,11,15H,2-3,8,10H2,1H3. The molecular weight excluding hydrogens is 362 g/mol. The third kappa shape index (κ3) is 4.14. The molecule has 1 aromatic heterocycles. The molecule has 3 rings (SSSR count). The van der Waals surface area contributed by atoms with Crippen molar-refractivity contribution in [3.8, 4) is 5.75 Å². The van der Waals surface area contributed by atoms with Gasteiger partial charge < -0.3 is 14.4 Å². The van der Waals surface area contributed by atoms with Crippen LogP contribution in [0.15, 0.2) is 35.7 Å². The maximum atomic E-state index is 12.7. The zero-order valence-corrected chi connectivity index (χ0v) is 15.3. The summed E-state index contributed by atoms with van der Waals surface area (Å²) in [6.07, 6.45) is 1.46. The zero-order chi connectivity index (χ0) is 17.8. The summed E-state index contributed by atoms with van der Waals surface area (Å²) in [6, 6.07) is 8.46. The van der Waals surface area contributed by atoms with Gasteiger partial charge in [-0.15, -0.1) is 11.3 Å². The summed E-state index contributed by atoms with van der Waals surface area (Å²) in [7, 11) is 1.35. The molecule has 1 atom stereocenters. The number of methoxy groups -OCH3 is 1. The molecule has 7 heteroatoms. The lowest BCUT2D eigenvalue weighted by Crippen LogP contribution is -2.40. The van der Waals surface area contributed by atoms with E-state index < -0.39 is 6.04 Å². The number of nitrogens with zero attached hydrogens (tertiary/aromatic N) is 1. The number of hydrogen-bond donors (Lipinski definition) is 0. The lowest BCUT2D eigenvalue weighted by molar-refractivity contribution is -0.145. The Morgan fingerprint density at radius 1 is 1.32 bits per heavy atom. The van der Waals surface area contributed by atoms with Gasteiger partial charge in [0.25, 0.3) is 5.91 Å². The summed E-state index contributed by atoms with van der Waals surface area (Å²) in [5.41, 5.74) is 0.914. The van der Waals surface area contributed by atoms with Crippen LogP contribution in [0, 0.1) is 0 Å². The van der Waals surface area contributed by atoms with E-state index in [0.717, 1.165) is 12.0 Å². The predicted molar refractivity (Wildman–Crippen MR) is 96.2 cm³/mol. The highest BCUT2D eigenvalue weighted by atomic mass is 35.5. The van der Waals surface area contributed by atoms with E-state index in [-0.39, 0.29) is 11.9 Å². The SMILES string of the molecule is COC(=O)C1CCCN1C(=O)c1cc(COc2ccc(Cl)cc2)cs1. The number of amides is 1. The number of benzene rings is 1. The fourth-order valence-electron chi connectivity index (χ4n) is 2.79. The Morgan fingerprint density at radius 2 is 2.08 bits per heavy atom. The van der Waals surface area contributed by atoms with Crippen LogP contribution in [0.1, 0.15) is 28.1 Å². The third-order valence-electron chi connectivity index (χ3n) is 4.07. The third-order valence-corrected chi connectivity index (χ3v) is 5.29. The maximum absolute atomic E-state index is 12.7. The summed E-state index contributed by atoms with van der Waals surface area (Å²) < 4.78 is 10.5. The summed E-state index contributed by atoms with van der Waals surface area (Å²) in [5, 5.41) is 2.55. The molecule has 1 aliphatic rings. The molecule has 25 heavy (non-hydrogen) atoms. The second-order valence-electron chi connectivity index (χ2n) is 5.74. The molecule has 1 amide bonds. The van der Waals surface area contributed by atoms with Gasteiger partial charge in [0.15, 0.2) is 0 Å². The van der Waals surface area contributed by atoms with Gasteiger partial charge in [0.1, 0.15) is 18.4 Å². The largest absolute Gasteiger partial charge is 0.489 e. The number of carbonyl (C=O) groups excluding carboxylic acids is 2. The van der Waals surface area contributed by atoms with E-state index in [1.807, 2.05) is 11.4 Å². The molecule has 1 aromatic carbocycles. The number of esters is 1. The molecule has 0 saturated carbocycles. The Bertz CT molecular complexity index is 759. The van der Waals surface area contributed by atoms with Gasteiger partial charge in [-0.05, 0) is 48.6 Å². The first kappa shape index (κ1) is 17.8. The minimum absolute atomic E-state index is 0.129. The topological polar surface area (TPSA) is 55.8 Å². The molecule has 0 aliphatic carbocycles. The lowest BCUT2D eigenvalue weighted by atomic mass is 10.2. The summed E-state index contributed by atoms with van der Waals surface area (Å²) in [6.45, 7) is 0.943. The normalized spacial score (nSPS) is 16.7. The van der Waals surface area contributed by atoms with Crippen LogP contribution in [0.5, 0.6) is 5.75 Å². The van der Waals surface area contributed by atoms with E-state index in [2.05, 4.69) is 0 Å². The van der Waals surface area contributed by atoms with Gasteiger partial charge in [-0.3, -0.25) is 4.79 Å². The van der Waals surface area contributed by atoms with Crippen LogP contribution in [-0.4, -0.2) is 36.5 Å². The lowest BCUT2D eigenvalue weighted by Gasteiger charge is -2.21. The van der Waals surface area contributed by atoms with Gasteiger partial charge in [0.05, 0.1) is 12.0 Å². The van der Waals surface area contributed by atoms with Crippen molar-refractivity contribution < 1.29 is 19.1 Å². The first-order valence-corrected chi connectivity index (χ1v) is 9.19. The van der Waals surface area contributed by atoms with Crippen molar-refractivity contribution in [1.82, 2.24) is 4.90 Å². The van der Waals surface area contributed by atoms with Gasteiger partial charge in [0, 0.05) is 17.1 Å². The van der Waals surface area contributed by atoms with E-state index in [0.29, 0.717) is 35.2 Å². The monoisotopic (exact) mass is 379 g/mol. The number of likely N-dealkylation sites (tertiary alicyclic amines) is 1. The van der Waals surface area contributed by atoms with Crippen LogP contribution in [-0.2, 0) is 16.1 Å². The molecule has 1 unspecified atom stereocenters. The molecular formula is C18H18ClNO4S. The molecule has 1 saturated heterocycles. The molecule has 0 N–H and O–H groups in total. The Hall–Kier alpha value is -2.05. The van der Waals surface area contributed by atoms with Crippen molar-refractivity contribution in [3.63, 3.8) is 0 Å². The van der Waals surface area contributed by atoms with Crippen molar-refractivity contribution in [3.05, 3.63) is 51.2 Å². The average molecular weight is 380 g/mol. The molecule has 2 aromatic rings.